The quantitative estimate of drug-likeness (QED) is 0.588. The maximum atomic E-state index is 12.6. The van der Waals surface area contributed by atoms with Gasteiger partial charge >= 0.3 is 0 Å². The van der Waals surface area contributed by atoms with Crippen LogP contribution >= 0.6 is 11.8 Å². The summed E-state index contributed by atoms with van der Waals surface area (Å²) in [5, 5.41) is 13.0. The predicted molar refractivity (Wildman–Crippen MR) is 125 cm³/mol. The number of amides is 1. The lowest BCUT2D eigenvalue weighted by Crippen LogP contribution is -2.47. The zero-order valence-electron chi connectivity index (χ0n) is 19.0. The van der Waals surface area contributed by atoms with E-state index in [9.17, 15) is 4.79 Å². The summed E-state index contributed by atoms with van der Waals surface area (Å²) in [6.45, 7) is 7.08. The molecule has 6 heteroatoms. The summed E-state index contributed by atoms with van der Waals surface area (Å²) in [7, 11) is 0. The van der Waals surface area contributed by atoms with Crippen LogP contribution < -0.4 is 5.32 Å². The first kappa shape index (κ1) is 21.0. The maximum Gasteiger partial charge on any atom is 0.234 e. The first-order chi connectivity index (χ1) is 14.9. The summed E-state index contributed by atoms with van der Waals surface area (Å²) in [5.41, 5.74) is 3.58. The molecule has 4 aliphatic rings. The van der Waals surface area contributed by atoms with E-state index in [4.69, 9.17) is 0 Å². The number of nitrogens with zero attached hydrogens (tertiary/aromatic N) is 3. The third-order valence-corrected chi connectivity index (χ3v) is 8.77. The molecule has 0 aliphatic heterocycles. The molecule has 2 aromatic rings. The van der Waals surface area contributed by atoms with Crippen LogP contribution in [0.5, 0.6) is 0 Å². The highest BCUT2D eigenvalue weighted by Crippen LogP contribution is 2.61. The molecule has 0 spiro atoms. The fourth-order valence-electron chi connectivity index (χ4n) is 6.90. The largest absolute Gasteiger partial charge is 0.325 e. The second-order valence-electron chi connectivity index (χ2n) is 10.4. The van der Waals surface area contributed by atoms with Crippen molar-refractivity contribution in [1.29, 1.82) is 0 Å². The predicted octanol–water partition coefficient (Wildman–Crippen LogP) is 5.40. The van der Waals surface area contributed by atoms with Gasteiger partial charge in [0.1, 0.15) is 5.82 Å². The van der Waals surface area contributed by atoms with Crippen LogP contribution in [-0.2, 0) is 17.8 Å². The fourth-order valence-corrected chi connectivity index (χ4v) is 7.72. The Morgan fingerprint density at radius 2 is 1.81 bits per heavy atom. The van der Waals surface area contributed by atoms with E-state index in [0.29, 0.717) is 11.2 Å². The summed E-state index contributed by atoms with van der Waals surface area (Å²) in [6, 6.07) is 6.13. The molecule has 1 aromatic carbocycles. The van der Waals surface area contributed by atoms with Gasteiger partial charge in [0.25, 0.3) is 0 Å². The summed E-state index contributed by atoms with van der Waals surface area (Å²) >= 11 is 1.50. The number of thioether (sulfide) groups is 1. The lowest BCUT2D eigenvalue weighted by atomic mass is 9.49. The van der Waals surface area contributed by atoms with Crippen molar-refractivity contribution in [2.75, 3.05) is 11.1 Å². The van der Waals surface area contributed by atoms with Gasteiger partial charge in [-0.25, -0.2) is 0 Å². The number of hydrogen-bond donors (Lipinski definition) is 1. The minimum absolute atomic E-state index is 0.00647. The molecule has 0 unspecified atom stereocenters. The van der Waals surface area contributed by atoms with Crippen molar-refractivity contribution in [1.82, 2.24) is 14.8 Å². The second kappa shape index (κ2) is 8.27. The van der Waals surface area contributed by atoms with Gasteiger partial charge in [-0.15, -0.1) is 10.2 Å². The van der Waals surface area contributed by atoms with Gasteiger partial charge in [-0.05, 0) is 99.7 Å². The number of rotatable bonds is 7. The summed E-state index contributed by atoms with van der Waals surface area (Å²) in [5.74, 6) is 4.34. The van der Waals surface area contributed by atoms with Gasteiger partial charge in [0.05, 0.1) is 5.75 Å². The molecule has 1 amide bonds. The Morgan fingerprint density at radius 1 is 1.13 bits per heavy atom. The number of anilines is 1. The van der Waals surface area contributed by atoms with E-state index in [1.165, 1.54) is 50.3 Å². The number of benzene rings is 1. The monoisotopic (exact) mass is 438 g/mol. The molecule has 0 atom stereocenters. The molecule has 6 rings (SSSR count). The zero-order valence-corrected chi connectivity index (χ0v) is 19.8. The lowest BCUT2D eigenvalue weighted by Gasteiger charge is -2.56. The molecule has 1 N–H and O–H groups in total. The van der Waals surface area contributed by atoms with E-state index in [1.807, 2.05) is 26.0 Å². The van der Waals surface area contributed by atoms with E-state index >= 15 is 0 Å². The van der Waals surface area contributed by atoms with E-state index in [0.717, 1.165) is 58.5 Å². The van der Waals surface area contributed by atoms with Gasteiger partial charge in [0, 0.05) is 18.7 Å². The number of hydrogen-bond acceptors (Lipinski definition) is 4. The van der Waals surface area contributed by atoms with Crippen molar-refractivity contribution < 1.29 is 4.79 Å². The molecular formula is C25H34N4OS. The van der Waals surface area contributed by atoms with E-state index in [1.54, 1.807) is 0 Å². The zero-order chi connectivity index (χ0) is 21.6. The number of carbonyl (C=O) groups is 1. The van der Waals surface area contributed by atoms with Crippen molar-refractivity contribution in [3.05, 3.63) is 35.2 Å². The molecule has 0 saturated heterocycles. The molecule has 1 heterocycles. The minimum atomic E-state index is 0.00647. The molecular weight excluding hydrogens is 404 g/mol. The second-order valence-corrected chi connectivity index (χ2v) is 11.3. The highest BCUT2D eigenvalue weighted by molar-refractivity contribution is 7.99. The standard InChI is InChI=1S/C25H34N4OS/c1-4-29-22(14-25-11-18-8-19(12-25)10-20(9-18)13-25)27-28-24(29)31-15-23(30)26-21-7-16(2)5-6-17(21)3/h5-7,18-20H,4,8-15H2,1-3H3,(H,26,30). The van der Waals surface area contributed by atoms with Crippen LogP contribution in [0.3, 0.4) is 0 Å². The Bertz CT molecular complexity index is 947. The molecule has 166 valence electrons. The lowest BCUT2D eigenvalue weighted by molar-refractivity contribution is -0.113. The van der Waals surface area contributed by atoms with Crippen LogP contribution in [0.1, 0.15) is 62.4 Å². The van der Waals surface area contributed by atoms with Crippen LogP contribution in [0, 0.1) is 37.0 Å². The number of aromatic nitrogens is 3. The van der Waals surface area contributed by atoms with Gasteiger partial charge in [-0.2, -0.15) is 0 Å². The maximum absolute atomic E-state index is 12.6. The average Bonchev–Trinajstić information content (AvgIpc) is 3.09. The van der Waals surface area contributed by atoms with Gasteiger partial charge in [0.2, 0.25) is 5.91 Å². The Balaban J connectivity index is 1.24. The van der Waals surface area contributed by atoms with Crippen LogP contribution in [0.4, 0.5) is 5.69 Å². The van der Waals surface area contributed by atoms with Crippen molar-refractivity contribution in [2.45, 2.75) is 77.4 Å². The van der Waals surface area contributed by atoms with Crippen molar-refractivity contribution in [3.8, 4) is 0 Å². The van der Waals surface area contributed by atoms with E-state index in [-0.39, 0.29) is 5.91 Å². The first-order valence-corrected chi connectivity index (χ1v) is 12.8. The highest BCUT2D eigenvalue weighted by Gasteiger charge is 2.51. The third-order valence-electron chi connectivity index (χ3n) is 7.81. The van der Waals surface area contributed by atoms with Crippen LogP contribution in [0.25, 0.3) is 0 Å². The Kier molecular flexibility index (Phi) is 5.61. The van der Waals surface area contributed by atoms with Gasteiger partial charge in [-0.3, -0.25) is 4.79 Å². The highest BCUT2D eigenvalue weighted by atomic mass is 32.2. The topological polar surface area (TPSA) is 59.8 Å². The molecule has 4 aliphatic carbocycles. The molecule has 4 bridgehead atoms. The molecule has 4 fully saturated rings. The van der Waals surface area contributed by atoms with E-state index < -0.39 is 0 Å². The molecule has 0 radical (unpaired) electrons. The minimum Gasteiger partial charge on any atom is -0.325 e. The fraction of sp³-hybridized carbons (Fsp3) is 0.640. The Morgan fingerprint density at radius 3 is 2.45 bits per heavy atom. The molecule has 1 aromatic heterocycles. The number of aryl methyl sites for hydroxylation is 2. The van der Waals surface area contributed by atoms with Crippen LogP contribution in [0.15, 0.2) is 23.4 Å². The third kappa shape index (κ3) is 4.28. The average molecular weight is 439 g/mol. The van der Waals surface area contributed by atoms with Gasteiger partial charge < -0.3 is 9.88 Å². The molecule has 4 saturated carbocycles. The van der Waals surface area contributed by atoms with Crippen LogP contribution in [0.2, 0.25) is 0 Å². The van der Waals surface area contributed by atoms with Crippen molar-refractivity contribution >= 4 is 23.4 Å². The number of nitrogens with one attached hydrogen (secondary N) is 1. The summed E-state index contributed by atoms with van der Waals surface area (Å²) < 4.78 is 2.24. The summed E-state index contributed by atoms with van der Waals surface area (Å²) in [6.07, 6.45) is 9.62. The van der Waals surface area contributed by atoms with E-state index in [2.05, 4.69) is 33.1 Å². The van der Waals surface area contributed by atoms with Crippen LogP contribution in [-0.4, -0.2) is 26.4 Å². The first-order valence-electron chi connectivity index (χ1n) is 11.8. The molecule has 31 heavy (non-hydrogen) atoms. The van der Waals surface area contributed by atoms with Gasteiger partial charge in [-0.1, -0.05) is 23.9 Å². The Hall–Kier alpha value is -1.82. The SMILES string of the molecule is CCn1c(CC23CC4CC(CC(C4)C2)C3)nnc1SCC(=O)Nc1cc(C)ccc1C. The Labute approximate surface area is 189 Å². The van der Waals surface area contributed by atoms with Gasteiger partial charge in [0.15, 0.2) is 5.16 Å². The van der Waals surface area contributed by atoms with Crippen molar-refractivity contribution in [3.63, 3.8) is 0 Å². The molecule has 5 nitrogen and oxygen atoms in total. The van der Waals surface area contributed by atoms with Crippen molar-refractivity contribution in [2.24, 2.45) is 23.2 Å². The summed E-state index contributed by atoms with van der Waals surface area (Å²) in [4.78, 5) is 12.6. The smallest absolute Gasteiger partial charge is 0.234 e. The number of carbonyl (C=O) groups excluding carboxylic acids is 1. The normalized spacial score (nSPS) is 28.8.